The van der Waals surface area contributed by atoms with Crippen LogP contribution in [0.4, 0.5) is 30.4 Å². The van der Waals surface area contributed by atoms with E-state index in [1.807, 2.05) is 0 Å². The molecule has 0 aliphatic rings. The molecule has 0 fully saturated rings. The number of nitrogens with one attached hydrogen (secondary N) is 1. The molecule has 0 bridgehead atoms. The zero-order valence-electron chi connectivity index (χ0n) is 16.9. The molecule has 0 radical (unpaired) electrons. The van der Waals surface area contributed by atoms with Crippen LogP contribution in [0.2, 0.25) is 0 Å². The summed E-state index contributed by atoms with van der Waals surface area (Å²) in [5.41, 5.74) is -1.23. The monoisotopic (exact) mass is 489 g/mol. The Morgan fingerprint density at radius 1 is 1.06 bits per heavy atom. The molecule has 1 unspecified atom stereocenters. The molecule has 174 valence electrons. The average molecular weight is 489 g/mol. The van der Waals surface area contributed by atoms with E-state index in [1.54, 1.807) is 12.1 Å². The van der Waals surface area contributed by atoms with Gasteiger partial charge in [-0.1, -0.05) is 12.1 Å². The summed E-state index contributed by atoms with van der Waals surface area (Å²) in [5, 5.41) is 3.12. The molecule has 12 heteroatoms. The summed E-state index contributed by atoms with van der Waals surface area (Å²) in [6, 6.07) is 13.8. The van der Waals surface area contributed by atoms with Crippen LogP contribution >= 0.6 is 0 Å². The Kier molecular flexibility index (Phi) is 6.18. The SMILES string of the molecule is O=C(Nc1ccnc(N(c2ccc(C(F)(F)F)cc2)S(=O)O)c1)c1cccc2ccc(=O)oc12. The lowest BCUT2D eigenvalue weighted by Gasteiger charge is -2.20. The number of fused-ring (bicyclic) bond motifs is 1. The normalized spacial score (nSPS) is 12.4. The smallest absolute Gasteiger partial charge is 0.416 e. The highest BCUT2D eigenvalue weighted by atomic mass is 32.2. The van der Waals surface area contributed by atoms with Crippen molar-refractivity contribution in [3.8, 4) is 0 Å². The first kappa shape index (κ1) is 23.1. The average Bonchev–Trinajstić information content (AvgIpc) is 2.78. The van der Waals surface area contributed by atoms with Crippen LogP contribution in [0, 0.1) is 0 Å². The first-order valence-corrected chi connectivity index (χ1v) is 10.6. The summed E-state index contributed by atoms with van der Waals surface area (Å²) >= 11 is -2.68. The van der Waals surface area contributed by atoms with E-state index in [-0.39, 0.29) is 28.3 Å². The van der Waals surface area contributed by atoms with Crippen LogP contribution in [0.1, 0.15) is 15.9 Å². The molecular weight excluding hydrogens is 475 g/mol. The number of rotatable bonds is 5. The Bertz CT molecular complexity index is 1450. The van der Waals surface area contributed by atoms with Gasteiger partial charge >= 0.3 is 11.8 Å². The molecule has 0 saturated carbocycles. The Morgan fingerprint density at radius 3 is 2.47 bits per heavy atom. The number of hydrogen-bond acceptors (Lipinski definition) is 5. The molecule has 1 amide bonds. The molecule has 4 aromatic rings. The number of carbonyl (C=O) groups excluding carboxylic acids is 1. The predicted octanol–water partition coefficient (Wildman–Crippen LogP) is 4.73. The minimum atomic E-state index is -4.56. The highest BCUT2D eigenvalue weighted by Crippen LogP contribution is 2.33. The van der Waals surface area contributed by atoms with Crippen molar-refractivity contribution in [3.05, 3.63) is 94.5 Å². The van der Waals surface area contributed by atoms with E-state index in [0.29, 0.717) is 5.39 Å². The van der Waals surface area contributed by atoms with Gasteiger partial charge in [-0.05, 0) is 42.5 Å². The van der Waals surface area contributed by atoms with Gasteiger partial charge in [0.2, 0.25) is 0 Å². The van der Waals surface area contributed by atoms with Gasteiger partial charge in [0.1, 0.15) is 5.82 Å². The van der Waals surface area contributed by atoms with Crippen LogP contribution in [-0.4, -0.2) is 19.7 Å². The number of aromatic nitrogens is 1. The third-order valence-electron chi connectivity index (χ3n) is 4.69. The van der Waals surface area contributed by atoms with Crippen molar-refractivity contribution in [2.45, 2.75) is 6.18 Å². The fourth-order valence-corrected chi connectivity index (χ4v) is 3.73. The highest BCUT2D eigenvalue weighted by Gasteiger charge is 2.30. The van der Waals surface area contributed by atoms with Gasteiger partial charge in [-0.25, -0.2) is 18.3 Å². The minimum Gasteiger partial charge on any atom is -0.422 e. The van der Waals surface area contributed by atoms with Gasteiger partial charge in [-0.2, -0.15) is 13.2 Å². The molecule has 0 saturated heterocycles. The number of para-hydroxylation sites is 1. The first-order chi connectivity index (χ1) is 16.1. The zero-order valence-corrected chi connectivity index (χ0v) is 17.8. The quantitative estimate of drug-likeness (QED) is 0.310. The lowest BCUT2D eigenvalue weighted by molar-refractivity contribution is -0.137. The Labute approximate surface area is 192 Å². The topological polar surface area (TPSA) is 113 Å². The van der Waals surface area contributed by atoms with Crippen molar-refractivity contribution >= 4 is 45.3 Å². The second-order valence-corrected chi connectivity index (χ2v) is 7.73. The minimum absolute atomic E-state index is 0.0272. The fraction of sp³-hybridized carbons (Fsp3) is 0.0455. The Morgan fingerprint density at radius 2 is 1.79 bits per heavy atom. The second kappa shape index (κ2) is 9.08. The van der Waals surface area contributed by atoms with E-state index in [2.05, 4.69) is 10.3 Å². The molecule has 4 rings (SSSR count). The second-order valence-electron chi connectivity index (χ2n) is 6.90. The van der Waals surface area contributed by atoms with E-state index >= 15 is 0 Å². The van der Waals surface area contributed by atoms with Crippen LogP contribution in [0.25, 0.3) is 11.0 Å². The van der Waals surface area contributed by atoms with E-state index in [1.165, 1.54) is 36.5 Å². The third kappa shape index (κ3) is 4.82. The summed E-state index contributed by atoms with van der Waals surface area (Å²) in [6.45, 7) is 0. The highest BCUT2D eigenvalue weighted by molar-refractivity contribution is 7.81. The van der Waals surface area contributed by atoms with Crippen LogP contribution in [0.5, 0.6) is 0 Å². The van der Waals surface area contributed by atoms with E-state index in [4.69, 9.17) is 4.42 Å². The number of amides is 1. The summed E-state index contributed by atoms with van der Waals surface area (Å²) < 4.78 is 66.2. The molecule has 1 atom stereocenters. The number of carbonyl (C=O) groups is 1. The summed E-state index contributed by atoms with van der Waals surface area (Å²) in [4.78, 5) is 28.4. The zero-order chi connectivity index (χ0) is 24.5. The number of pyridine rings is 1. The van der Waals surface area contributed by atoms with Crippen molar-refractivity contribution in [3.63, 3.8) is 0 Å². The molecule has 2 N–H and O–H groups in total. The van der Waals surface area contributed by atoms with E-state index in [9.17, 15) is 31.5 Å². The maximum Gasteiger partial charge on any atom is 0.416 e. The standard InChI is InChI=1S/C22H14F3N3O5S/c23-22(24,25)14-5-7-16(8-6-14)28(34(31)32)18-12-15(10-11-26-18)27-21(30)17-3-1-2-13-4-9-19(29)33-20(13)17/h1-12H,(H,31,32)(H,26,27,30). The first-order valence-electron chi connectivity index (χ1n) is 9.52. The van der Waals surface area contributed by atoms with Crippen LogP contribution in [-0.2, 0) is 17.4 Å². The predicted molar refractivity (Wildman–Crippen MR) is 119 cm³/mol. The molecule has 2 heterocycles. The van der Waals surface area contributed by atoms with Crippen LogP contribution in [0.3, 0.4) is 0 Å². The molecule has 8 nitrogen and oxygen atoms in total. The number of anilines is 3. The molecule has 0 spiro atoms. The molecule has 34 heavy (non-hydrogen) atoms. The van der Waals surface area contributed by atoms with Crippen LogP contribution in [0.15, 0.2) is 82.1 Å². The summed E-state index contributed by atoms with van der Waals surface area (Å²) in [7, 11) is 0. The lowest BCUT2D eigenvalue weighted by atomic mass is 10.1. The molecular formula is C22H14F3N3O5S. The van der Waals surface area contributed by atoms with E-state index in [0.717, 1.165) is 28.6 Å². The van der Waals surface area contributed by atoms with Gasteiger partial charge in [-0.15, -0.1) is 0 Å². The lowest BCUT2D eigenvalue weighted by Crippen LogP contribution is -2.21. The van der Waals surface area contributed by atoms with Crippen molar-refractivity contribution in [2.75, 3.05) is 9.62 Å². The van der Waals surface area contributed by atoms with Gasteiger partial charge < -0.3 is 9.73 Å². The Hall–Kier alpha value is -4.03. The number of nitrogens with zero attached hydrogens (tertiary/aromatic N) is 2. The summed E-state index contributed by atoms with van der Waals surface area (Å²) in [6.07, 6.45) is -3.32. The van der Waals surface area contributed by atoms with Gasteiger partial charge in [0.15, 0.2) is 5.58 Å². The molecule has 0 aliphatic heterocycles. The van der Waals surface area contributed by atoms with Gasteiger partial charge in [0.05, 0.1) is 16.8 Å². The molecule has 0 aliphatic carbocycles. The van der Waals surface area contributed by atoms with Crippen molar-refractivity contribution in [1.29, 1.82) is 0 Å². The summed E-state index contributed by atoms with van der Waals surface area (Å²) in [5.74, 6) is -0.730. The number of benzene rings is 2. The Balaban J connectivity index is 1.64. The third-order valence-corrected chi connectivity index (χ3v) is 5.40. The molecule has 2 aromatic heterocycles. The largest absolute Gasteiger partial charge is 0.422 e. The van der Waals surface area contributed by atoms with Crippen LogP contribution < -0.4 is 15.2 Å². The fourth-order valence-electron chi connectivity index (χ4n) is 3.17. The van der Waals surface area contributed by atoms with Crippen molar-refractivity contribution < 1.29 is 31.1 Å². The molecule has 2 aromatic carbocycles. The maximum atomic E-state index is 12.8. The van der Waals surface area contributed by atoms with E-state index < -0.39 is 34.5 Å². The maximum absolute atomic E-state index is 12.8. The van der Waals surface area contributed by atoms with Crippen molar-refractivity contribution in [2.24, 2.45) is 0 Å². The number of halogens is 3. The van der Waals surface area contributed by atoms with Gasteiger partial charge in [-0.3, -0.25) is 9.35 Å². The van der Waals surface area contributed by atoms with Gasteiger partial charge in [0, 0.05) is 29.4 Å². The van der Waals surface area contributed by atoms with Gasteiger partial charge in [0.25, 0.3) is 17.2 Å². The number of alkyl halides is 3. The number of hydrogen-bond donors (Lipinski definition) is 2. The van der Waals surface area contributed by atoms with Crippen molar-refractivity contribution in [1.82, 2.24) is 4.98 Å².